The molecule has 0 saturated carbocycles. The zero-order valence-corrected chi connectivity index (χ0v) is 7.52. The summed E-state index contributed by atoms with van der Waals surface area (Å²) in [5, 5.41) is 0. The van der Waals surface area contributed by atoms with Crippen molar-refractivity contribution >= 4 is 19.8 Å². The maximum absolute atomic E-state index is 11.5. The van der Waals surface area contributed by atoms with Crippen LogP contribution in [-0.2, 0) is 20.2 Å². The molecule has 0 bridgehead atoms. The van der Waals surface area contributed by atoms with Gasteiger partial charge in [-0.25, -0.2) is 8.96 Å². The predicted molar refractivity (Wildman–Crippen MR) is 40.8 cm³/mol. The Morgan fingerprint density at radius 2 is 2.42 bits per heavy atom. The van der Waals surface area contributed by atoms with Gasteiger partial charge >= 0.3 is 8.69 Å². The van der Waals surface area contributed by atoms with Crippen LogP contribution in [0.1, 0.15) is 0 Å². The fourth-order valence-corrected chi connectivity index (χ4v) is 0.906. The van der Waals surface area contributed by atoms with Crippen molar-refractivity contribution in [1.29, 1.82) is 0 Å². The van der Waals surface area contributed by atoms with Crippen LogP contribution in [0.4, 0.5) is 4.39 Å². The first-order chi connectivity index (χ1) is 5.72. The van der Waals surface area contributed by atoms with Crippen molar-refractivity contribution < 1.29 is 22.2 Å². The van der Waals surface area contributed by atoms with E-state index in [1.54, 1.807) is 0 Å². The topological polar surface area (TPSA) is 66.4 Å². The number of hydrogen-bond donors (Lipinski definition) is 0. The highest BCUT2D eigenvalue weighted by atomic mass is 32.2. The summed E-state index contributed by atoms with van der Waals surface area (Å²) >= 11 is -2.51. The summed E-state index contributed by atoms with van der Waals surface area (Å²) in [6.45, 7) is -0.154. The van der Waals surface area contributed by atoms with Crippen molar-refractivity contribution in [2.24, 2.45) is 0 Å². The lowest BCUT2D eigenvalue weighted by Crippen LogP contribution is -1.91. The molecule has 4 nitrogen and oxygen atoms in total. The van der Waals surface area contributed by atoms with Gasteiger partial charge < -0.3 is 4.55 Å². The third-order valence-corrected chi connectivity index (χ3v) is 1.77. The molecule has 68 valence electrons. The molecular formula is C5H5FO4PS-. The molecule has 1 unspecified atom stereocenters. The molecule has 0 aliphatic carbocycles. The van der Waals surface area contributed by atoms with E-state index in [1.165, 1.54) is 0 Å². The largest absolute Gasteiger partial charge is 0.768 e. The van der Waals surface area contributed by atoms with Gasteiger partial charge in [0.1, 0.15) is 0 Å². The van der Waals surface area contributed by atoms with Gasteiger partial charge in [-0.3, -0.25) is 8.73 Å². The number of allylic oxidation sites excluding steroid dienone is 1. The highest BCUT2D eigenvalue weighted by Crippen LogP contribution is 2.03. The van der Waals surface area contributed by atoms with E-state index in [-0.39, 0.29) is 17.8 Å². The van der Waals surface area contributed by atoms with Crippen LogP contribution in [0.3, 0.4) is 0 Å². The Morgan fingerprint density at radius 1 is 1.75 bits per heavy atom. The first kappa shape index (κ1) is 11.6. The normalized spacial score (nSPS) is 15.7. The second kappa shape index (κ2) is 7.24. The number of halogens is 1. The molecular weight excluding hydrogens is 206 g/mol. The van der Waals surface area contributed by atoms with Crippen LogP contribution in [0.15, 0.2) is 23.4 Å². The van der Waals surface area contributed by atoms with Crippen molar-refractivity contribution in [2.75, 3.05) is 6.61 Å². The van der Waals surface area contributed by atoms with Gasteiger partial charge in [-0.1, -0.05) is 0 Å². The van der Waals surface area contributed by atoms with Crippen molar-refractivity contribution in [2.45, 2.75) is 0 Å². The summed E-state index contributed by atoms with van der Waals surface area (Å²) in [5.41, 5.74) is 0. The lowest BCUT2D eigenvalue weighted by atomic mass is 10.5. The second-order valence-electron chi connectivity index (χ2n) is 1.50. The summed E-state index contributed by atoms with van der Waals surface area (Å²) in [6, 6.07) is 0. The molecule has 1 atom stereocenters. The lowest BCUT2D eigenvalue weighted by Gasteiger charge is -2.03. The van der Waals surface area contributed by atoms with E-state index >= 15 is 0 Å². The Kier molecular flexibility index (Phi) is 6.99. The van der Waals surface area contributed by atoms with Crippen molar-refractivity contribution in [3.05, 3.63) is 23.4 Å². The van der Waals surface area contributed by atoms with Crippen LogP contribution in [0.2, 0.25) is 0 Å². The average molecular weight is 211 g/mol. The number of rotatable bonds is 5. The van der Waals surface area contributed by atoms with Crippen molar-refractivity contribution in [3.8, 4) is 0 Å². The maximum atomic E-state index is 11.5. The van der Waals surface area contributed by atoms with Gasteiger partial charge in [0, 0.05) is 4.91 Å². The fourth-order valence-electron chi connectivity index (χ4n) is 0.404. The van der Waals surface area contributed by atoms with E-state index in [0.717, 1.165) is 12.2 Å². The summed E-state index contributed by atoms with van der Waals surface area (Å²) in [4.78, 5) is -0.249. The molecule has 0 aromatic carbocycles. The molecule has 0 saturated heterocycles. The molecule has 0 rings (SSSR count). The second-order valence-corrected chi connectivity index (χ2v) is 2.85. The Bertz CT molecular complexity index is 227. The Balaban J connectivity index is 4.18. The number of hydrogen-bond acceptors (Lipinski definition) is 4. The minimum Gasteiger partial charge on any atom is -0.768 e. The van der Waals surface area contributed by atoms with Crippen molar-refractivity contribution in [3.63, 3.8) is 0 Å². The molecule has 7 heteroatoms. The molecule has 0 spiro atoms. The van der Waals surface area contributed by atoms with E-state index < -0.39 is 19.8 Å². The zero-order valence-electron chi connectivity index (χ0n) is 5.81. The molecule has 0 aromatic rings. The maximum Gasteiger partial charge on any atom is 0.327 e. The van der Waals surface area contributed by atoms with E-state index in [2.05, 4.69) is 4.52 Å². The van der Waals surface area contributed by atoms with Gasteiger partial charge in [-0.05, 0) is 23.2 Å². The molecule has 0 N–H and O–H groups in total. The third-order valence-electron chi connectivity index (χ3n) is 0.831. The fraction of sp³-hybridized carbons (Fsp3) is 0.200. The molecule has 0 aliphatic rings. The van der Waals surface area contributed by atoms with E-state index in [9.17, 15) is 17.7 Å². The lowest BCUT2D eigenvalue weighted by molar-refractivity contribution is 0.387. The molecule has 12 heavy (non-hydrogen) atoms. The van der Waals surface area contributed by atoms with Crippen molar-refractivity contribution in [1.82, 2.24) is 0 Å². The Labute approximate surface area is 72.7 Å². The van der Waals surface area contributed by atoms with Gasteiger partial charge in [0.25, 0.3) is 0 Å². The van der Waals surface area contributed by atoms with Crippen LogP contribution in [0.5, 0.6) is 0 Å². The molecule has 0 fully saturated rings. The first-order valence-electron chi connectivity index (χ1n) is 2.73. The van der Waals surface area contributed by atoms with Crippen LogP contribution < -0.4 is 0 Å². The first-order valence-corrected chi connectivity index (χ1v) is 4.53. The van der Waals surface area contributed by atoms with Crippen LogP contribution in [0, 0.1) is 0 Å². The summed E-state index contributed by atoms with van der Waals surface area (Å²) in [6.07, 6.45) is 1.94. The smallest absolute Gasteiger partial charge is 0.327 e. The van der Waals surface area contributed by atoms with Crippen LogP contribution in [0.25, 0.3) is 0 Å². The SMILES string of the molecule is O=POCC=C(C=CF)S(=O)[O-]. The van der Waals surface area contributed by atoms with E-state index in [1.807, 2.05) is 0 Å². The average Bonchev–Trinajstić information content (AvgIpc) is 2.03. The summed E-state index contributed by atoms with van der Waals surface area (Å²) < 4.78 is 46.0. The highest BCUT2D eigenvalue weighted by molar-refractivity contribution is 7.83. The summed E-state index contributed by atoms with van der Waals surface area (Å²) in [5.74, 6) is 0. The zero-order chi connectivity index (χ0) is 9.40. The van der Waals surface area contributed by atoms with E-state index in [4.69, 9.17) is 0 Å². The highest BCUT2D eigenvalue weighted by Gasteiger charge is 1.91. The van der Waals surface area contributed by atoms with Gasteiger partial charge in [0.05, 0.1) is 12.9 Å². The Morgan fingerprint density at radius 3 is 2.83 bits per heavy atom. The molecule has 0 aromatic heterocycles. The standard InChI is InChI=1S/C5H6FO4PS/c6-3-1-5(12(8)9)2-4-10-11-7/h1-3H,4H2,(H,8,9)/p-1. The van der Waals surface area contributed by atoms with E-state index in [0.29, 0.717) is 0 Å². The summed E-state index contributed by atoms with van der Waals surface area (Å²) in [7, 11) is -0.550. The predicted octanol–water partition coefficient (Wildman–Crippen LogP) is 1.46. The Hall–Kier alpha value is -0.420. The van der Waals surface area contributed by atoms with Gasteiger partial charge in [-0.2, -0.15) is 0 Å². The minimum absolute atomic E-state index is 0.0938. The molecule has 0 heterocycles. The van der Waals surface area contributed by atoms with Crippen LogP contribution in [-0.4, -0.2) is 15.4 Å². The third kappa shape index (κ3) is 5.26. The van der Waals surface area contributed by atoms with Crippen LogP contribution >= 0.6 is 8.69 Å². The molecule has 0 aliphatic heterocycles. The molecule has 0 radical (unpaired) electrons. The molecule has 0 amide bonds. The van der Waals surface area contributed by atoms with Gasteiger partial charge in [0.15, 0.2) is 0 Å². The quantitative estimate of drug-likeness (QED) is 0.299. The van der Waals surface area contributed by atoms with Gasteiger partial charge in [0.2, 0.25) is 0 Å². The monoisotopic (exact) mass is 211 g/mol. The van der Waals surface area contributed by atoms with Gasteiger partial charge in [-0.15, -0.1) is 0 Å². The minimum atomic E-state index is -2.51.